The average molecular weight is 316 g/mol. The highest BCUT2D eigenvalue weighted by Crippen LogP contribution is 2.35. The van der Waals surface area contributed by atoms with Crippen LogP contribution in [0.25, 0.3) is 0 Å². The second-order valence-electron chi connectivity index (χ2n) is 5.60. The van der Waals surface area contributed by atoms with Crippen molar-refractivity contribution in [1.82, 2.24) is 4.98 Å². The molecule has 4 rings (SSSR count). The lowest BCUT2D eigenvalue weighted by Crippen LogP contribution is -2.27. The van der Waals surface area contributed by atoms with Crippen molar-refractivity contribution in [2.45, 2.75) is 26.2 Å². The Morgan fingerprint density at radius 1 is 1.36 bits per heavy atom. The van der Waals surface area contributed by atoms with Crippen molar-refractivity contribution in [3.05, 3.63) is 33.8 Å². The van der Waals surface area contributed by atoms with E-state index in [2.05, 4.69) is 10.3 Å². The molecule has 114 valence electrons. The van der Waals surface area contributed by atoms with Crippen molar-refractivity contribution in [3.8, 4) is 11.5 Å². The van der Waals surface area contributed by atoms with Crippen LogP contribution < -0.4 is 14.8 Å². The second kappa shape index (κ2) is 5.28. The van der Waals surface area contributed by atoms with Gasteiger partial charge >= 0.3 is 0 Å². The zero-order valence-corrected chi connectivity index (χ0v) is 13.0. The largest absolute Gasteiger partial charge is 0.454 e. The predicted molar refractivity (Wildman–Crippen MR) is 83.6 cm³/mol. The van der Waals surface area contributed by atoms with Crippen LogP contribution in [0.3, 0.4) is 0 Å². The fourth-order valence-corrected chi connectivity index (χ4v) is 4.01. The molecule has 1 aromatic carbocycles. The van der Waals surface area contributed by atoms with Crippen LogP contribution in [0.1, 0.15) is 22.0 Å². The van der Waals surface area contributed by atoms with Gasteiger partial charge in [0.05, 0.1) is 10.7 Å². The van der Waals surface area contributed by atoms with Crippen LogP contribution >= 0.6 is 11.3 Å². The Labute approximate surface area is 132 Å². The molecule has 1 aromatic heterocycles. The summed E-state index contributed by atoms with van der Waals surface area (Å²) in [5, 5.41) is 4.07. The molecule has 22 heavy (non-hydrogen) atoms. The highest BCUT2D eigenvalue weighted by Gasteiger charge is 2.27. The summed E-state index contributed by atoms with van der Waals surface area (Å²) in [6.07, 6.45) is 2.53. The van der Waals surface area contributed by atoms with E-state index in [1.165, 1.54) is 10.6 Å². The van der Waals surface area contributed by atoms with Crippen molar-refractivity contribution >= 4 is 22.9 Å². The molecule has 0 fully saturated rings. The van der Waals surface area contributed by atoms with E-state index in [0.29, 0.717) is 5.75 Å². The number of ether oxygens (including phenoxy) is 2. The minimum Gasteiger partial charge on any atom is -0.454 e. The van der Waals surface area contributed by atoms with Crippen molar-refractivity contribution in [1.29, 1.82) is 0 Å². The monoisotopic (exact) mass is 316 g/mol. The molecular weight excluding hydrogens is 300 g/mol. The van der Waals surface area contributed by atoms with Gasteiger partial charge in [-0.05, 0) is 38.3 Å². The number of nitrogens with one attached hydrogen (secondary N) is 1. The Balaban J connectivity index is 1.46. The number of hydrogen-bond donors (Lipinski definition) is 1. The van der Waals surface area contributed by atoms with Crippen molar-refractivity contribution in [2.24, 2.45) is 5.92 Å². The standard InChI is InChI=1S/C16H16N2O3S/c1-9-17-12-4-2-10(6-15(12)22-9)16(19)18-11-3-5-13-14(7-11)21-8-20-13/h3,5,7,10H,2,4,6,8H2,1H3,(H,18,19). The Morgan fingerprint density at radius 2 is 2.23 bits per heavy atom. The van der Waals surface area contributed by atoms with Crippen molar-refractivity contribution < 1.29 is 14.3 Å². The Bertz CT molecular complexity index is 741. The molecule has 0 bridgehead atoms. The summed E-state index contributed by atoms with van der Waals surface area (Å²) >= 11 is 1.71. The van der Waals surface area contributed by atoms with Crippen LogP contribution in [-0.2, 0) is 17.6 Å². The van der Waals surface area contributed by atoms with Gasteiger partial charge in [0.15, 0.2) is 11.5 Å². The first-order chi connectivity index (χ1) is 10.7. The number of benzene rings is 1. The molecule has 2 aliphatic rings. The molecule has 5 nitrogen and oxygen atoms in total. The first-order valence-corrected chi connectivity index (χ1v) is 8.16. The van der Waals surface area contributed by atoms with Crippen LogP contribution in [0, 0.1) is 12.8 Å². The predicted octanol–water partition coefficient (Wildman–Crippen LogP) is 2.92. The fraction of sp³-hybridized carbons (Fsp3) is 0.375. The smallest absolute Gasteiger partial charge is 0.231 e. The first kappa shape index (κ1) is 13.6. The zero-order chi connectivity index (χ0) is 15.1. The third kappa shape index (κ3) is 2.43. The van der Waals surface area contributed by atoms with Gasteiger partial charge in [-0.25, -0.2) is 4.98 Å². The van der Waals surface area contributed by atoms with Gasteiger partial charge in [-0.3, -0.25) is 4.79 Å². The molecule has 1 aliphatic heterocycles. The lowest BCUT2D eigenvalue weighted by atomic mass is 9.90. The summed E-state index contributed by atoms with van der Waals surface area (Å²) in [6, 6.07) is 5.48. The van der Waals surface area contributed by atoms with Crippen LogP contribution in [0.5, 0.6) is 11.5 Å². The van der Waals surface area contributed by atoms with E-state index in [1.54, 1.807) is 11.3 Å². The first-order valence-electron chi connectivity index (χ1n) is 7.35. The van der Waals surface area contributed by atoms with E-state index in [1.807, 2.05) is 25.1 Å². The van der Waals surface area contributed by atoms with E-state index < -0.39 is 0 Å². The van der Waals surface area contributed by atoms with Crippen LogP contribution in [0.2, 0.25) is 0 Å². The maximum atomic E-state index is 12.5. The third-order valence-electron chi connectivity index (χ3n) is 4.06. The number of carbonyl (C=O) groups excluding carboxylic acids is 1. The number of amides is 1. The molecular formula is C16H16N2O3S. The topological polar surface area (TPSA) is 60.5 Å². The quantitative estimate of drug-likeness (QED) is 0.925. The minimum absolute atomic E-state index is 0.0118. The van der Waals surface area contributed by atoms with Gasteiger partial charge in [-0.15, -0.1) is 11.3 Å². The normalized spacial score (nSPS) is 18.9. The second-order valence-corrected chi connectivity index (χ2v) is 6.89. The van der Waals surface area contributed by atoms with E-state index in [-0.39, 0.29) is 18.6 Å². The van der Waals surface area contributed by atoms with Crippen LogP contribution in [-0.4, -0.2) is 17.7 Å². The van der Waals surface area contributed by atoms with Gasteiger partial charge in [0.2, 0.25) is 12.7 Å². The summed E-state index contributed by atoms with van der Waals surface area (Å²) in [7, 11) is 0. The molecule has 1 aliphatic carbocycles. The lowest BCUT2D eigenvalue weighted by Gasteiger charge is -2.20. The number of nitrogens with zero attached hydrogens (tertiary/aromatic N) is 1. The average Bonchev–Trinajstić information content (AvgIpc) is 3.10. The lowest BCUT2D eigenvalue weighted by molar-refractivity contribution is -0.120. The minimum atomic E-state index is 0.0118. The van der Waals surface area contributed by atoms with E-state index >= 15 is 0 Å². The highest BCUT2D eigenvalue weighted by molar-refractivity contribution is 7.11. The van der Waals surface area contributed by atoms with Gasteiger partial charge in [0.25, 0.3) is 0 Å². The third-order valence-corrected chi connectivity index (χ3v) is 5.09. The number of aryl methyl sites for hydroxylation is 2. The Morgan fingerprint density at radius 3 is 3.14 bits per heavy atom. The number of aromatic nitrogens is 1. The Kier molecular flexibility index (Phi) is 3.26. The molecule has 1 atom stereocenters. The Hall–Kier alpha value is -2.08. The highest BCUT2D eigenvalue weighted by atomic mass is 32.1. The van der Waals surface area contributed by atoms with Gasteiger partial charge in [-0.1, -0.05) is 0 Å². The summed E-state index contributed by atoms with van der Waals surface area (Å²) < 4.78 is 10.6. The van der Waals surface area contributed by atoms with Crippen LogP contribution in [0.4, 0.5) is 5.69 Å². The molecule has 0 spiro atoms. The van der Waals surface area contributed by atoms with E-state index in [9.17, 15) is 4.79 Å². The molecule has 0 saturated carbocycles. The fourth-order valence-electron chi connectivity index (χ4n) is 2.95. The van der Waals surface area contributed by atoms with E-state index in [4.69, 9.17) is 9.47 Å². The molecule has 0 radical (unpaired) electrons. The molecule has 0 saturated heterocycles. The van der Waals surface area contributed by atoms with Crippen LogP contribution in [0.15, 0.2) is 18.2 Å². The summed E-state index contributed by atoms with van der Waals surface area (Å²) in [4.78, 5) is 18.3. The maximum absolute atomic E-state index is 12.5. The molecule has 1 amide bonds. The van der Waals surface area contributed by atoms with E-state index in [0.717, 1.165) is 35.7 Å². The molecule has 2 aromatic rings. The SMILES string of the molecule is Cc1nc2c(s1)CC(C(=O)Nc1ccc3c(c1)OCO3)CC2. The van der Waals surface area contributed by atoms with Gasteiger partial charge in [-0.2, -0.15) is 0 Å². The number of anilines is 1. The van der Waals surface area contributed by atoms with Crippen molar-refractivity contribution in [2.75, 3.05) is 12.1 Å². The number of fused-ring (bicyclic) bond motifs is 2. The molecule has 1 unspecified atom stereocenters. The maximum Gasteiger partial charge on any atom is 0.231 e. The van der Waals surface area contributed by atoms with Gasteiger partial charge in [0.1, 0.15) is 0 Å². The zero-order valence-electron chi connectivity index (χ0n) is 12.2. The number of hydrogen-bond acceptors (Lipinski definition) is 5. The molecule has 1 N–H and O–H groups in total. The van der Waals surface area contributed by atoms with Gasteiger partial charge in [0, 0.05) is 22.5 Å². The number of carbonyl (C=O) groups is 1. The summed E-state index contributed by atoms with van der Waals surface area (Å²) in [5.74, 6) is 1.48. The van der Waals surface area contributed by atoms with Gasteiger partial charge < -0.3 is 14.8 Å². The molecule has 6 heteroatoms. The summed E-state index contributed by atoms with van der Waals surface area (Å²) in [5.41, 5.74) is 1.93. The van der Waals surface area contributed by atoms with Crippen molar-refractivity contribution in [3.63, 3.8) is 0 Å². The number of thiazole rings is 1. The number of rotatable bonds is 2. The summed E-state index contributed by atoms with van der Waals surface area (Å²) in [6.45, 7) is 2.26. The molecule has 2 heterocycles.